The molecule has 0 atom stereocenters. The second kappa shape index (κ2) is 6.36. The van der Waals surface area contributed by atoms with Gasteiger partial charge in [-0.1, -0.05) is 22.0 Å². The highest BCUT2D eigenvalue weighted by molar-refractivity contribution is 9.10. The molecule has 0 saturated heterocycles. The average Bonchev–Trinajstić information content (AvgIpc) is 2.41. The van der Waals surface area contributed by atoms with Gasteiger partial charge in [-0.05, 0) is 51.8 Å². The van der Waals surface area contributed by atoms with E-state index in [1.165, 1.54) is 24.3 Å². The van der Waals surface area contributed by atoms with E-state index >= 15 is 0 Å². The zero-order valence-electron chi connectivity index (χ0n) is 10.3. The first kappa shape index (κ1) is 16.3. The van der Waals surface area contributed by atoms with Crippen LogP contribution in [0.15, 0.2) is 40.9 Å². The first-order valence-corrected chi connectivity index (χ1v) is 7.61. The zero-order valence-corrected chi connectivity index (χ0v) is 13.5. The maximum absolute atomic E-state index is 13.0. The lowest BCUT2D eigenvalue weighted by molar-refractivity contribution is -0.138. The van der Waals surface area contributed by atoms with Crippen LogP contribution in [0.2, 0.25) is 0 Å². The van der Waals surface area contributed by atoms with Gasteiger partial charge in [0.15, 0.2) is 0 Å². The highest BCUT2D eigenvalue weighted by atomic mass is 79.9. The predicted octanol–water partition coefficient (Wildman–Crippen LogP) is 6.29. The Labute approximate surface area is 135 Å². The van der Waals surface area contributed by atoms with Crippen molar-refractivity contribution in [1.29, 1.82) is 0 Å². The molecule has 0 aromatic heterocycles. The van der Waals surface area contributed by atoms with E-state index in [1.54, 1.807) is 0 Å². The lowest BCUT2D eigenvalue weighted by atomic mass is 10.1. The molecule has 0 radical (unpaired) electrons. The Morgan fingerprint density at radius 2 is 1.76 bits per heavy atom. The van der Waals surface area contributed by atoms with Crippen molar-refractivity contribution < 1.29 is 22.3 Å². The van der Waals surface area contributed by atoms with E-state index in [9.17, 15) is 17.6 Å². The quantitative estimate of drug-likeness (QED) is 0.413. The Kier molecular flexibility index (Phi) is 4.93. The summed E-state index contributed by atoms with van der Waals surface area (Å²) in [5.74, 6) is -0.213. The van der Waals surface area contributed by atoms with Crippen molar-refractivity contribution in [2.45, 2.75) is 11.5 Å². The fourth-order valence-corrected chi connectivity index (χ4v) is 2.61. The molecule has 2 aromatic carbocycles. The van der Waals surface area contributed by atoms with Crippen LogP contribution in [-0.4, -0.2) is 0 Å². The van der Waals surface area contributed by atoms with Crippen LogP contribution in [0, 0.1) is 5.82 Å². The van der Waals surface area contributed by atoms with Gasteiger partial charge in [-0.15, -0.1) is 0 Å². The highest BCUT2D eigenvalue weighted by Crippen LogP contribution is 2.37. The molecular weight excluding hydrogens is 420 g/mol. The molecule has 0 aliphatic carbocycles. The number of rotatable bonds is 3. The molecule has 0 aliphatic rings. The molecule has 0 spiro atoms. The molecule has 112 valence electrons. The van der Waals surface area contributed by atoms with Crippen LogP contribution in [0.5, 0.6) is 11.5 Å². The summed E-state index contributed by atoms with van der Waals surface area (Å²) in [6.45, 7) is 0. The van der Waals surface area contributed by atoms with Crippen LogP contribution in [0.1, 0.15) is 11.1 Å². The number of hydrogen-bond donors (Lipinski definition) is 0. The molecule has 0 amide bonds. The van der Waals surface area contributed by atoms with Crippen LogP contribution < -0.4 is 4.74 Å². The molecule has 0 fully saturated rings. The third-order valence-electron chi connectivity index (χ3n) is 2.65. The maximum Gasteiger partial charge on any atom is 0.416 e. The minimum atomic E-state index is -4.47. The second-order valence-electron chi connectivity index (χ2n) is 4.13. The molecule has 0 N–H and O–H groups in total. The van der Waals surface area contributed by atoms with Gasteiger partial charge in [0.05, 0.1) is 10.0 Å². The fraction of sp³-hybridized carbons (Fsp3) is 0.143. The molecule has 7 heteroatoms. The predicted molar refractivity (Wildman–Crippen MR) is 78.2 cm³/mol. The van der Waals surface area contributed by atoms with Gasteiger partial charge in [0, 0.05) is 5.33 Å². The van der Waals surface area contributed by atoms with Crippen molar-refractivity contribution >= 4 is 31.9 Å². The third kappa shape index (κ3) is 3.97. The van der Waals surface area contributed by atoms with Gasteiger partial charge in [0.2, 0.25) is 0 Å². The van der Waals surface area contributed by atoms with E-state index < -0.39 is 17.6 Å². The van der Waals surface area contributed by atoms with Gasteiger partial charge in [-0.25, -0.2) is 4.39 Å². The topological polar surface area (TPSA) is 9.23 Å². The SMILES string of the molecule is Fc1ccc(Oc2ccc(CBr)c(C(F)(F)F)c2)c(Br)c1. The Bertz CT molecular complexity index is 656. The molecule has 0 heterocycles. The van der Waals surface area contributed by atoms with Crippen molar-refractivity contribution in [2.24, 2.45) is 0 Å². The van der Waals surface area contributed by atoms with Gasteiger partial charge in [-0.2, -0.15) is 13.2 Å². The lowest BCUT2D eigenvalue weighted by Gasteiger charge is -2.14. The van der Waals surface area contributed by atoms with E-state index in [4.69, 9.17) is 4.74 Å². The Balaban J connectivity index is 2.37. The average molecular weight is 428 g/mol. The molecule has 0 aliphatic heterocycles. The largest absolute Gasteiger partial charge is 0.456 e. The smallest absolute Gasteiger partial charge is 0.416 e. The van der Waals surface area contributed by atoms with Crippen molar-refractivity contribution in [3.8, 4) is 11.5 Å². The van der Waals surface area contributed by atoms with E-state index in [-0.39, 0.29) is 22.4 Å². The van der Waals surface area contributed by atoms with E-state index in [0.29, 0.717) is 4.47 Å². The van der Waals surface area contributed by atoms with Gasteiger partial charge in [0.25, 0.3) is 0 Å². The minimum Gasteiger partial charge on any atom is -0.456 e. The number of halogens is 6. The zero-order chi connectivity index (χ0) is 15.6. The monoisotopic (exact) mass is 426 g/mol. The van der Waals surface area contributed by atoms with Gasteiger partial charge in [0.1, 0.15) is 17.3 Å². The van der Waals surface area contributed by atoms with E-state index in [2.05, 4.69) is 31.9 Å². The van der Waals surface area contributed by atoms with Crippen LogP contribution in [-0.2, 0) is 11.5 Å². The summed E-state index contributed by atoms with van der Waals surface area (Å²) in [6.07, 6.45) is -4.47. The summed E-state index contributed by atoms with van der Waals surface area (Å²) < 4.78 is 57.5. The standard InChI is InChI=1S/C14H8Br2F4O/c15-7-8-1-3-10(6-11(8)14(18,19)20)21-13-4-2-9(17)5-12(13)16/h1-6H,7H2. The molecule has 2 rings (SSSR count). The molecule has 0 bridgehead atoms. The number of alkyl halides is 4. The molecule has 21 heavy (non-hydrogen) atoms. The third-order valence-corrected chi connectivity index (χ3v) is 3.88. The summed E-state index contributed by atoms with van der Waals surface area (Å²) in [5.41, 5.74) is -0.650. The molecule has 1 nitrogen and oxygen atoms in total. The van der Waals surface area contributed by atoms with Gasteiger partial charge >= 0.3 is 6.18 Å². The summed E-state index contributed by atoms with van der Waals surface area (Å²) >= 11 is 6.12. The van der Waals surface area contributed by atoms with Gasteiger partial charge < -0.3 is 4.74 Å². The van der Waals surface area contributed by atoms with Crippen molar-refractivity contribution in [1.82, 2.24) is 0 Å². The highest BCUT2D eigenvalue weighted by Gasteiger charge is 2.33. The van der Waals surface area contributed by atoms with Crippen molar-refractivity contribution in [3.05, 3.63) is 57.8 Å². The van der Waals surface area contributed by atoms with E-state index in [1.807, 2.05) is 0 Å². The van der Waals surface area contributed by atoms with Crippen LogP contribution in [0.4, 0.5) is 17.6 Å². The second-order valence-corrected chi connectivity index (χ2v) is 5.54. The van der Waals surface area contributed by atoms with Crippen LogP contribution in [0.25, 0.3) is 0 Å². The Morgan fingerprint density at radius 1 is 1.05 bits per heavy atom. The van der Waals surface area contributed by atoms with E-state index in [0.717, 1.165) is 12.1 Å². The molecule has 0 unspecified atom stereocenters. The molecular formula is C14H8Br2F4O. The number of hydrogen-bond acceptors (Lipinski definition) is 1. The normalized spacial score (nSPS) is 11.5. The first-order chi connectivity index (χ1) is 9.81. The minimum absolute atomic E-state index is 0.0272. The fourth-order valence-electron chi connectivity index (χ4n) is 1.68. The summed E-state index contributed by atoms with van der Waals surface area (Å²) in [6, 6.07) is 7.37. The Hall–Kier alpha value is -1.08. The first-order valence-electron chi connectivity index (χ1n) is 5.70. The molecule has 2 aromatic rings. The Morgan fingerprint density at radius 3 is 2.33 bits per heavy atom. The summed E-state index contributed by atoms with van der Waals surface area (Å²) in [4.78, 5) is 0. The van der Waals surface area contributed by atoms with Gasteiger partial charge in [-0.3, -0.25) is 0 Å². The maximum atomic E-state index is 13.0. The van der Waals surface area contributed by atoms with Crippen molar-refractivity contribution in [3.63, 3.8) is 0 Å². The summed E-state index contributed by atoms with van der Waals surface area (Å²) in [7, 11) is 0. The number of ether oxygens (including phenoxy) is 1. The lowest BCUT2D eigenvalue weighted by Crippen LogP contribution is -2.08. The van der Waals surface area contributed by atoms with Crippen LogP contribution in [0.3, 0.4) is 0 Å². The summed E-state index contributed by atoms with van der Waals surface area (Å²) in [5, 5.41) is 0.0857. The molecule has 0 saturated carbocycles. The van der Waals surface area contributed by atoms with Crippen molar-refractivity contribution in [2.75, 3.05) is 0 Å². The number of benzene rings is 2. The van der Waals surface area contributed by atoms with Crippen LogP contribution >= 0.6 is 31.9 Å².